The van der Waals surface area contributed by atoms with Crippen molar-refractivity contribution in [2.45, 2.75) is 6.42 Å². The van der Waals surface area contributed by atoms with Gasteiger partial charge in [0, 0.05) is 0 Å². The normalized spacial score (nSPS) is 12.3. The van der Waals surface area contributed by atoms with E-state index >= 15 is 0 Å². The molecule has 0 radical (unpaired) electrons. The monoisotopic (exact) mass is 440 g/mol. The summed E-state index contributed by atoms with van der Waals surface area (Å²) in [5, 5.41) is 23.2. The van der Waals surface area contributed by atoms with Crippen LogP contribution in [0.4, 0.5) is 0 Å². The first-order chi connectivity index (χ1) is 12.3. The summed E-state index contributed by atoms with van der Waals surface area (Å²) in [7, 11) is 0. The van der Waals surface area contributed by atoms with Crippen molar-refractivity contribution in [1.82, 2.24) is 0 Å². The first kappa shape index (κ1) is 24.8. The zero-order valence-electron chi connectivity index (χ0n) is 14.6. The average molecular weight is 440 g/mol. The largest absolute Gasteiger partial charge is 2.00 e. The summed E-state index contributed by atoms with van der Waals surface area (Å²) in [6.07, 6.45) is 14.0. The SMILES string of the molecule is [Fe+2].[Fe+2].[O-]C(CC([O-])=C1C=CC=C1)=C1C=CC=C1.c1cc[cH-]c1.c1cc[cH-]c1. The third-order valence-corrected chi connectivity index (χ3v) is 3.40. The minimum atomic E-state index is -0.119. The standard InChI is InChI=1S/C13H12O2.2C5H5.2Fe/c14-12(10-5-1-2-6-10)9-13(15)11-7-3-4-8-11;2*1-2-4-5-3-1;;/h1-8,14-15H,9H2;2*1-5H;;/q;2*-1;2*+2/p-2. The van der Waals surface area contributed by atoms with E-state index < -0.39 is 0 Å². The summed E-state index contributed by atoms with van der Waals surface area (Å²) in [4.78, 5) is 0. The van der Waals surface area contributed by atoms with Crippen LogP contribution in [-0.2, 0) is 34.1 Å². The van der Waals surface area contributed by atoms with Crippen molar-refractivity contribution in [2.75, 3.05) is 0 Å². The van der Waals surface area contributed by atoms with Crippen LogP contribution in [0.5, 0.6) is 0 Å². The summed E-state index contributed by atoms with van der Waals surface area (Å²) in [5.74, 6) is -0.239. The second kappa shape index (κ2) is 14.9. The minimum absolute atomic E-state index is 0. The van der Waals surface area contributed by atoms with E-state index in [2.05, 4.69) is 0 Å². The molecular weight excluding hydrogens is 420 g/mol. The van der Waals surface area contributed by atoms with Gasteiger partial charge < -0.3 is 10.2 Å². The Bertz CT molecular complexity index is 657. The van der Waals surface area contributed by atoms with Crippen LogP contribution in [0.15, 0.2) is 132 Å². The van der Waals surface area contributed by atoms with Crippen LogP contribution in [0, 0.1) is 0 Å². The Hall–Kier alpha value is -2.22. The second-order valence-electron chi connectivity index (χ2n) is 5.29. The van der Waals surface area contributed by atoms with Crippen LogP contribution >= 0.6 is 0 Å². The number of allylic oxidation sites excluding steroid dienone is 10. The van der Waals surface area contributed by atoms with Gasteiger partial charge in [-0.05, 0) is 17.6 Å². The van der Waals surface area contributed by atoms with Crippen molar-refractivity contribution in [1.29, 1.82) is 0 Å². The molecule has 0 unspecified atom stereocenters. The number of hydrogen-bond donors (Lipinski definition) is 0. The Labute approximate surface area is 182 Å². The predicted octanol–water partition coefficient (Wildman–Crippen LogP) is 3.66. The first-order valence-corrected chi connectivity index (χ1v) is 8.10. The molecule has 0 aromatic heterocycles. The quantitative estimate of drug-likeness (QED) is 0.407. The van der Waals surface area contributed by atoms with Crippen LogP contribution < -0.4 is 10.2 Å². The van der Waals surface area contributed by atoms with E-state index in [9.17, 15) is 10.2 Å². The molecule has 140 valence electrons. The smallest absolute Gasteiger partial charge is 0.875 e. The van der Waals surface area contributed by atoms with Crippen molar-refractivity contribution >= 4 is 0 Å². The average Bonchev–Trinajstić information content (AvgIpc) is 3.48. The molecule has 4 rings (SSSR count). The molecule has 2 nitrogen and oxygen atoms in total. The van der Waals surface area contributed by atoms with Crippen molar-refractivity contribution in [3.63, 3.8) is 0 Å². The third-order valence-electron chi connectivity index (χ3n) is 3.40. The van der Waals surface area contributed by atoms with Crippen LogP contribution in [-0.4, -0.2) is 0 Å². The van der Waals surface area contributed by atoms with E-state index in [1.165, 1.54) is 0 Å². The molecule has 27 heavy (non-hydrogen) atoms. The zero-order valence-corrected chi connectivity index (χ0v) is 16.8. The molecule has 2 aliphatic carbocycles. The Balaban J connectivity index is 0.000000465. The van der Waals surface area contributed by atoms with Crippen LogP contribution in [0.2, 0.25) is 0 Å². The van der Waals surface area contributed by atoms with Crippen LogP contribution in [0.25, 0.3) is 0 Å². The van der Waals surface area contributed by atoms with Gasteiger partial charge in [0.25, 0.3) is 0 Å². The van der Waals surface area contributed by atoms with E-state index in [-0.39, 0.29) is 52.1 Å². The van der Waals surface area contributed by atoms with Gasteiger partial charge in [-0.15, -0.1) is 11.5 Å². The van der Waals surface area contributed by atoms with Gasteiger partial charge in [0.2, 0.25) is 0 Å². The molecule has 0 amide bonds. The molecule has 0 aliphatic heterocycles. The number of rotatable bonds is 2. The van der Waals surface area contributed by atoms with E-state index in [4.69, 9.17) is 0 Å². The first-order valence-electron chi connectivity index (χ1n) is 8.10. The maximum Gasteiger partial charge on any atom is 2.00 e. The van der Waals surface area contributed by atoms with E-state index in [1.807, 2.05) is 60.7 Å². The van der Waals surface area contributed by atoms with E-state index in [0.29, 0.717) is 11.1 Å². The molecule has 0 fully saturated rings. The van der Waals surface area contributed by atoms with Gasteiger partial charge in [0.05, 0.1) is 0 Å². The second-order valence-corrected chi connectivity index (χ2v) is 5.29. The molecule has 2 aromatic carbocycles. The fourth-order valence-corrected chi connectivity index (χ4v) is 2.11. The molecule has 2 aliphatic rings. The van der Waals surface area contributed by atoms with Gasteiger partial charge in [-0.1, -0.05) is 48.6 Å². The van der Waals surface area contributed by atoms with Crippen LogP contribution in [0.1, 0.15) is 6.42 Å². The Morgan fingerprint density at radius 2 is 0.889 bits per heavy atom. The molecule has 2 aromatic rings. The Morgan fingerprint density at radius 3 is 1.11 bits per heavy atom. The van der Waals surface area contributed by atoms with Gasteiger partial charge in [-0.3, -0.25) is 0 Å². The maximum atomic E-state index is 11.6. The van der Waals surface area contributed by atoms with Gasteiger partial charge in [0.15, 0.2) is 0 Å². The molecule has 0 atom stereocenters. The van der Waals surface area contributed by atoms with Gasteiger partial charge in [-0.25, -0.2) is 24.3 Å². The molecule has 0 bridgehead atoms. The molecule has 0 heterocycles. The maximum absolute atomic E-state index is 11.6. The van der Waals surface area contributed by atoms with Crippen molar-refractivity contribution in [3.8, 4) is 0 Å². The third kappa shape index (κ3) is 9.88. The summed E-state index contributed by atoms with van der Waals surface area (Å²) in [6.45, 7) is 0. The number of hydrogen-bond acceptors (Lipinski definition) is 2. The van der Waals surface area contributed by atoms with Gasteiger partial charge in [-0.2, -0.15) is 36.4 Å². The topological polar surface area (TPSA) is 46.1 Å². The van der Waals surface area contributed by atoms with Crippen LogP contribution in [0.3, 0.4) is 0 Å². The van der Waals surface area contributed by atoms with E-state index in [0.717, 1.165) is 0 Å². The molecule has 4 heteroatoms. The Morgan fingerprint density at radius 1 is 0.593 bits per heavy atom. The zero-order chi connectivity index (χ0) is 17.7. The minimum Gasteiger partial charge on any atom is -0.875 e. The van der Waals surface area contributed by atoms with Crippen molar-refractivity contribution in [2.24, 2.45) is 0 Å². The van der Waals surface area contributed by atoms with Gasteiger partial charge in [0.1, 0.15) is 0 Å². The van der Waals surface area contributed by atoms with Crippen molar-refractivity contribution in [3.05, 3.63) is 132 Å². The molecular formula is C23H20Fe2O2. The summed E-state index contributed by atoms with van der Waals surface area (Å²) in [6, 6.07) is 20.0. The summed E-state index contributed by atoms with van der Waals surface area (Å²) < 4.78 is 0. The fraction of sp³-hybridized carbons (Fsp3) is 0.0435. The molecule has 0 N–H and O–H groups in total. The van der Waals surface area contributed by atoms with Crippen molar-refractivity contribution < 1.29 is 44.4 Å². The molecule has 0 saturated carbocycles. The fourth-order valence-electron chi connectivity index (χ4n) is 2.11. The van der Waals surface area contributed by atoms with E-state index in [1.54, 1.807) is 48.6 Å². The molecule has 0 saturated heterocycles. The Kier molecular flexibility index (Phi) is 13.7. The molecule has 0 spiro atoms. The predicted molar refractivity (Wildman–Crippen MR) is 99.3 cm³/mol. The van der Waals surface area contributed by atoms with Gasteiger partial charge >= 0.3 is 34.1 Å². The summed E-state index contributed by atoms with van der Waals surface area (Å²) in [5.41, 5.74) is 1.21. The summed E-state index contributed by atoms with van der Waals surface area (Å²) >= 11 is 0.